The fourth-order valence-electron chi connectivity index (χ4n) is 3.89. The number of carbonyl (C=O) groups is 4. The zero-order valence-corrected chi connectivity index (χ0v) is 24.0. The van der Waals surface area contributed by atoms with Crippen LogP contribution in [-0.4, -0.2) is 57.4 Å². The Kier molecular flexibility index (Phi) is 9.54. The molecule has 200 valence electrons. The van der Waals surface area contributed by atoms with Crippen molar-refractivity contribution in [1.82, 2.24) is 15.2 Å². The quantitative estimate of drug-likeness (QED) is 0.166. The topological polar surface area (TPSA) is 155 Å². The van der Waals surface area contributed by atoms with Crippen LogP contribution in [0.3, 0.4) is 0 Å². The van der Waals surface area contributed by atoms with Crippen LogP contribution in [0.25, 0.3) is 11.6 Å². The molecule has 0 saturated carbocycles. The van der Waals surface area contributed by atoms with Crippen LogP contribution in [0.1, 0.15) is 23.7 Å². The summed E-state index contributed by atoms with van der Waals surface area (Å²) in [4.78, 5) is 54.0. The number of hydrogen-bond acceptors (Lipinski definition) is 10. The first kappa shape index (κ1) is 30.7. The van der Waals surface area contributed by atoms with Crippen molar-refractivity contribution in [1.29, 1.82) is 0 Å². The summed E-state index contributed by atoms with van der Waals surface area (Å²) in [5.41, 5.74) is 3.81. The molecule has 39 heavy (non-hydrogen) atoms. The van der Waals surface area contributed by atoms with Crippen molar-refractivity contribution in [3.05, 3.63) is 57.7 Å². The minimum Gasteiger partial charge on any atom is -0.543 e. The number of hydrogen-bond donors (Lipinski definition) is 2. The maximum Gasteiger partial charge on any atom is 1.00 e. The Morgan fingerprint density at radius 3 is 2.59 bits per heavy atom. The SMILES string of the molecule is CC(=O)OCC1=C(C(=O)[O-])N2C(=O)C(NC(=O)/C(=C\c3ccccc3C(F)(F)F)c3csc(N)n3)[C@H]2SC1.[Na+]. The van der Waals surface area contributed by atoms with E-state index in [-0.39, 0.29) is 69.5 Å². The number of halogens is 3. The Bertz CT molecular complexity index is 1390. The average Bonchev–Trinajstić information content (AvgIpc) is 3.28. The number of amides is 2. The number of β-lactam (4-membered cyclic amide) rings is 1. The third kappa shape index (κ3) is 6.49. The predicted molar refractivity (Wildman–Crippen MR) is 130 cm³/mol. The van der Waals surface area contributed by atoms with Gasteiger partial charge in [-0.05, 0) is 17.7 Å². The van der Waals surface area contributed by atoms with E-state index in [1.807, 2.05) is 0 Å². The van der Waals surface area contributed by atoms with Gasteiger partial charge < -0.3 is 25.7 Å². The van der Waals surface area contributed by atoms with Crippen LogP contribution in [0.2, 0.25) is 0 Å². The molecule has 2 atom stereocenters. The largest absolute Gasteiger partial charge is 1.00 e. The predicted octanol–water partition coefficient (Wildman–Crippen LogP) is -1.74. The molecule has 1 fully saturated rings. The first-order valence-corrected chi connectivity index (χ1v) is 12.7. The second kappa shape index (κ2) is 12.1. The summed E-state index contributed by atoms with van der Waals surface area (Å²) >= 11 is 2.09. The molecule has 16 heteroatoms. The van der Waals surface area contributed by atoms with E-state index in [4.69, 9.17) is 10.5 Å². The molecule has 1 saturated heterocycles. The van der Waals surface area contributed by atoms with Gasteiger partial charge in [-0.3, -0.25) is 19.3 Å². The number of nitrogens with two attached hydrogens (primary N) is 1. The minimum atomic E-state index is -4.70. The van der Waals surface area contributed by atoms with E-state index >= 15 is 0 Å². The molecule has 2 aliphatic heterocycles. The van der Waals surface area contributed by atoms with E-state index in [1.54, 1.807) is 0 Å². The normalized spacial score (nSPS) is 19.0. The van der Waals surface area contributed by atoms with Crippen LogP contribution >= 0.6 is 23.1 Å². The van der Waals surface area contributed by atoms with Gasteiger partial charge in [-0.1, -0.05) is 18.2 Å². The number of anilines is 1. The number of thioether (sulfide) groups is 1. The zero-order chi connectivity index (χ0) is 27.8. The number of carboxylic acids is 1. The number of alkyl halides is 3. The number of esters is 1. The van der Waals surface area contributed by atoms with E-state index in [1.165, 1.54) is 23.6 Å². The molecule has 3 N–H and O–H groups in total. The van der Waals surface area contributed by atoms with Crippen molar-refractivity contribution >= 4 is 63.6 Å². The molecule has 1 aromatic carbocycles. The van der Waals surface area contributed by atoms with Crippen molar-refractivity contribution in [2.75, 3.05) is 18.1 Å². The van der Waals surface area contributed by atoms with Gasteiger partial charge in [-0.2, -0.15) is 13.2 Å². The van der Waals surface area contributed by atoms with Gasteiger partial charge in [-0.25, -0.2) is 4.98 Å². The number of nitrogens with one attached hydrogen (secondary N) is 1. The molecule has 2 amide bonds. The Morgan fingerprint density at radius 2 is 2.00 bits per heavy atom. The van der Waals surface area contributed by atoms with E-state index in [0.29, 0.717) is 0 Å². The summed E-state index contributed by atoms with van der Waals surface area (Å²) in [5, 5.41) is 14.9. The molecule has 3 heterocycles. The Labute approximate surface area is 249 Å². The molecular weight excluding hydrogens is 572 g/mol. The molecule has 1 aromatic heterocycles. The van der Waals surface area contributed by atoms with Crippen molar-refractivity contribution in [3.63, 3.8) is 0 Å². The molecule has 4 rings (SSSR count). The molecule has 2 aliphatic rings. The summed E-state index contributed by atoms with van der Waals surface area (Å²) in [6.45, 7) is 0.794. The summed E-state index contributed by atoms with van der Waals surface area (Å²) < 4.78 is 45.5. The van der Waals surface area contributed by atoms with E-state index in [0.717, 1.165) is 47.1 Å². The molecule has 1 unspecified atom stereocenters. The number of rotatable bonds is 7. The van der Waals surface area contributed by atoms with Gasteiger partial charge in [0.25, 0.3) is 11.8 Å². The molecule has 0 radical (unpaired) electrons. The average molecular weight is 591 g/mol. The summed E-state index contributed by atoms with van der Waals surface area (Å²) in [7, 11) is 0. The molecule has 0 spiro atoms. The van der Waals surface area contributed by atoms with Crippen LogP contribution in [0.4, 0.5) is 18.3 Å². The third-order valence-corrected chi connectivity index (χ3v) is 7.60. The number of aliphatic carboxylic acids is 1. The second-order valence-electron chi connectivity index (χ2n) is 8.09. The third-order valence-electron chi connectivity index (χ3n) is 5.59. The van der Waals surface area contributed by atoms with Crippen molar-refractivity contribution < 1.29 is 71.8 Å². The van der Waals surface area contributed by atoms with Crippen LogP contribution in [-0.2, 0) is 30.1 Å². The summed E-state index contributed by atoms with van der Waals surface area (Å²) in [6, 6.07) is 3.44. The number of nitrogen functional groups attached to an aromatic ring is 1. The number of carboxylic acid groups (broad SMARTS) is 1. The van der Waals surface area contributed by atoms with Gasteiger partial charge in [0.2, 0.25) is 0 Å². The first-order valence-electron chi connectivity index (χ1n) is 10.8. The number of carbonyl (C=O) groups excluding carboxylic acids is 4. The maximum absolute atomic E-state index is 13.5. The van der Waals surface area contributed by atoms with Gasteiger partial charge in [0.1, 0.15) is 18.0 Å². The zero-order valence-electron chi connectivity index (χ0n) is 20.4. The Hall–Kier alpha value is -2.85. The summed E-state index contributed by atoms with van der Waals surface area (Å²) in [5.74, 6) is -3.91. The minimum absolute atomic E-state index is 0. The molecule has 2 aromatic rings. The molecule has 10 nitrogen and oxygen atoms in total. The van der Waals surface area contributed by atoms with Crippen LogP contribution in [0.15, 0.2) is 40.9 Å². The fourth-order valence-corrected chi connectivity index (χ4v) is 5.78. The van der Waals surface area contributed by atoms with Gasteiger partial charge in [0.15, 0.2) is 5.13 Å². The van der Waals surface area contributed by atoms with Crippen LogP contribution in [0, 0.1) is 0 Å². The standard InChI is InChI=1S/C23H19F3N4O6S2.Na/c1-10(31)36-7-12-8-37-20-16(19(33)30(20)17(12)21(34)35)29-18(32)13(15-9-38-22(27)28-15)6-11-4-2-3-5-14(11)23(24,25)26;/h2-6,9,16,20H,7-8H2,1H3,(H2,27,28)(H,29,32)(H,34,35);/q;+1/p-1/b13-6-;/t16?,20-;/m1./s1. The van der Waals surface area contributed by atoms with Gasteiger partial charge in [0, 0.05) is 23.6 Å². The van der Waals surface area contributed by atoms with Crippen LogP contribution < -0.4 is 45.7 Å². The Morgan fingerprint density at radius 1 is 1.31 bits per heavy atom. The number of aromatic nitrogens is 1. The second-order valence-corrected chi connectivity index (χ2v) is 10.1. The first-order chi connectivity index (χ1) is 17.9. The number of ether oxygens (including phenoxy) is 1. The molecule has 0 aliphatic carbocycles. The number of fused-ring (bicyclic) bond motifs is 1. The van der Waals surface area contributed by atoms with Crippen molar-refractivity contribution in [3.8, 4) is 0 Å². The van der Waals surface area contributed by atoms with Crippen LogP contribution in [0.5, 0.6) is 0 Å². The van der Waals surface area contributed by atoms with E-state index in [9.17, 15) is 37.5 Å². The number of nitrogens with zero attached hydrogens (tertiary/aromatic N) is 2. The smallest absolute Gasteiger partial charge is 0.543 e. The molecule has 0 bridgehead atoms. The van der Waals surface area contributed by atoms with E-state index in [2.05, 4.69) is 10.3 Å². The molecular formula is C23H18F3N4NaO6S2. The number of thiazole rings is 1. The monoisotopic (exact) mass is 590 g/mol. The van der Waals surface area contributed by atoms with Gasteiger partial charge in [0.05, 0.1) is 28.5 Å². The summed E-state index contributed by atoms with van der Waals surface area (Å²) in [6.07, 6.45) is -3.69. The van der Waals surface area contributed by atoms with Gasteiger partial charge >= 0.3 is 41.7 Å². The number of benzene rings is 1. The van der Waals surface area contributed by atoms with Crippen molar-refractivity contribution in [2.45, 2.75) is 24.5 Å². The maximum atomic E-state index is 13.5. The van der Waals surface area contributed by atoms with E-state index < -0.39 is 52.6 Å². The van der Waals surface area contributed by atoms with Gasteiger partial charge in [-0.15, -0.1) is 23.1 Å². The van der Waals surface area contributed by atoms with Crippen molar-refractivity contribution in [2.24, 2.45) is 0 Å². The Balaban J connectivity index is 0.00000420. The fraction of sp³-hybridized carbons (Fsp3) is 0.261.